The lowest BCUT2D eigenvalue weighted by Gasteiger charge is -2.09. The summed E-state index contributed by atoms with van der Waals surface area (Å²) in [4.78, 5) is 6.22. The predicted molar refractivity (Wildman–Crippen MR) is 67.2 cm³/mol. The first-order chi connectivity index (χ1) is 7.83. The average molecular weight is 230 g/mol. The lowest BCUT2D eigenvalue weighted by Crippen LogP contribution is -1.98. The molecule has 1 aromatic carbocycles. The smallest absolute Gasteiger partial charge is 0.174 e. The molecule has 2 aromatic rings. The highest BCUT2D eigenvalue weighted by atomic mass is 32.1. The molecule has 0 radical (unpaired) electrons. The second-order valence-corrected chi connectivity index (χ2v) is 4.81. The number of rotatable bonds is 2. The zero-order valence-electron chi connectivity index (χ0n) is 8.99. The van der Waals surface area contributed by atoms with Crippen molar-refractivity contribution in [1.82, 2.24) is 9.97 Å². The van der Waals surface area contributed by atoms with Gasteiger partial charge in [0, 0.05) is 11.9 Å². The third-order valence-electron chi connectivity index (χ3n) is 3.37. The van der Waals surface area contributed by atoms with E-state index in [1.165, 1.54) is 29.7 Å². The quantitative estimate of drug-likeness (QED) is 0.762. The van der Waals surface area contributed by atoms with Crippen molar-refractivity contribution >= 4 is 12.2 Å². The Morgan fingerprint density at radius 2 is 2.19 bits per heavy atom. The Labute approximate surface area is 99.7 Å². The first kappa shape index (κ1) is 9.85. The summed E-state index contributed by atoms with van der Waals surface area (Å²) in [6, 6.07) is 8.77. The van der Waals surface area contributed by atoms with Gasteiger partial charge in [0.15, 0.2) is 4.77 Å². The fourth-order valence-corrected chi connectivity index (χ4v) is 2.79. The summed E-state index contributed by atoms with van der Waals surface area (Å²) in [6.07, 6.45) is 5.52. The molecule has 0 saturated heterocycles. The monoisotopic (exact) mass is 230 g/mol. The van der Waals surface area contributed by atoms with Crippen LogP contribution in [0.15, 0.2) is 30.5 Å². The zero-order chi connectivity index (χ0) is 11.0. The van der Waals surface area contributed by atoms with Crippen molar-refractivity contribution in [3.63, 3.8) is 0 Å². The second-order valence-electron chi connectivity index (χ2n) is 4.41. The summed E-state index contributed by atoms with van der Waals surface area (Å²) in [5.74, 6) is 0.651. The fraction of sp³-hybridized carbons (Fsp3) is 0.308. The molecule has 2 nitrogen and oxygen atoms in total. The van der Waals surface area contributed by atoms with Crippen LogP contribution in [0, 0.1) is 4.77 Å². The summed E-state index contributed by atoms with van der Waals surface area (Å²) in [5, 5.41) is 0. The van der Waals surface area contributed by atoms with Gasteiger partial charge in [0.25, 0.3) is 0 Å². The van der Waals surface area contributed by atoms with Crippen molar-refractivity contribution in [2.45, 2.75) is 25.2 Å². The molecule has 0 unspecified atom stereocenters. The lowest BCUT2D eigenvalue weighted by atomic mass is 9.97. The van der Waals surface area contributed by atoms with Crippen LogP contribution in [0.1, 0.15) is 29.2 Å². The highest BCUT2D eigenvalue weighted by molar-refractivity contribution is 7.71. The topological polar surface area (TPSA) is 31.6 Å². The van der Waals surface area contributed by atoms with Gasteiger partial charge in [-0.3, -0.25) is 0 Å². The van der Waals surface area contributed by atoms with Gasteiger partial charge >= 0.3 is 0 Å². The van der Waals surface area contributed by atoms with Crippen molar-refractivity contribution < 1.29 is 0 Å². The van der Waals surface area contributed by atoms with Crippen LogP contribution < -0.4 is 0 Å². The number of H-pyrrole nitrogens is 2. The van der Waals surface area contributed by atoms with Crippen LogP contribution in [0.25, 0.3) is 0 Å². The van der Waals surface area contributed by atoms with E-state index in [1.807, 2.05) is 6.20 Å². The molecule has 0 bridgehead atoms. The van der Waals surface area contributed by atoms with Crippen molar-refractivity contribution in [2.75, 3.05) is 0 Å². The molecular formula is C13H14N2S. The molecule has 1 aromatic heterocycles. The van der Waals surface area contributed by atoms with Gasteiger partial charge in [-0.2, -0.15) is 0 Å². The molecule has 0 amide bonds. The number of hydrogen-bond donors (Lipinski definition) is 2. The van der Waals surface area contributed by atoms with Gasteiger partial charge in [-0.05, 0) is 48.5 Å². The van der Waals surface area contributed by atoms with E-state index in [1.54, 1.807) is 0 Å². The van der Waals surface area contributed by atoms with Crippen LogP contribution in [-0.4, -0.2) is 9.97 Å². The van der Waals surface area contributed by atoms with Crippen LogP contribution in [0.5, 0.6) is 0 Å². The summed E-state index contributed by atoms with van der Waals surface area (Å²) in [5.41, 5.74) is 4.25. The molecule has 0 fully saturated rings. The van der Waals surface area contributed by atoms with E-state index in [9.17, 15) is 0 Å². The number of aromatic nitrogens is 2. The number of aromatic amines is 2. The van der Waals surface area contributed by atoms with Gasteiger partial charge in [-0.1, -0.05) is 24.3 Å². The summed E-state index contributed by atoms with van der Waals surface area (Å²) >= 11 is 5.04. The number of benzene rings is 1. The molecule has 1 aliphatic carbocycles. The Balaban J connectivity index is 1.86. The molecule has 1 aliphatic rings. The summed E-state index contributed by atoms with van der Waals surface area (Å²) in [6.45, 7) is 0. The van der Waals surface area contributed by atoms with E-state index in [2.05, 4.69) is 34.2 Å². The highest BCUT2D eigenvalue weighted by Gasteiger charge is 2.22. The Bertz CT molecular complexity index is 553. The molecule has 0 spiro atoms. The Morgan fingerprint density at radius 3 is 3.00 bits per heavy atom. The Morgan fingerprint density at radius 1 is 1.31 bits per heavy atom. The molecule has 3 rings (SSSR count). The Hall–Kier alpha value is -1.35. The van der Waals surface area contributed by atoms with E-state index in [0.29, 0.717) is 5.92 Å². The van der Waals surface area contributed by atoms with E-state index >= 15 is 0 Å². The van der Waals surface area contributed by atoms with Gasteiger partial charge in [-0.25, -0.2) is 0 Å². The van der Waals surface area contributed by atoms with Crippen molar-refractivity contribution in [3.8, 4) is 0 Å². The second kappa shape index (κ2) is 3.91. The third-order valence-corrected chi connectivity index (χ3v) is 3.59. The minimum absolute atomic E-state index is 0.651. The van der Waals surface area contributed by atoms with Crippen LogP contribution >= 0.6 is 12.2 Å². The van der Waals surface area contributed by atoms with Crippen molar-refractivity contribution in [1.29, 1.82) is 0 Å². The SMILES string of the molecule is S=c1[nH]cc(C[C@H]2CCc3ccccc32)[nH]1. The molecule has 82 valence electrons. The number of hydrogen-bond acceptors (Lipinski definition) is 1. The zero-order valence-corrected chi connectivity index (χ0v) is 9.81. The normalized spacial score (nSPS) is 18.6. The largest absolute Gasteiger partial charge is 0.337 e. The fourth-order valence-electron chi connectivity index (χ4n) is 2.60. The van der Waals surface area contributed by atoms with Crippen LogP contribution in [0.2, 0.25) is 0 Å². The minimum atomic E-state index is 0.651. The van der Waals surface area contributed by atoms with E-state index in [-0.39, 0.29) is 0 Å². The van der Waals surface area contributed by atoms with Gasteiger partial charge in [-0.15, -0.1) is 0 Å². The summed E-state index contributed by atoms with van der Waals surface area (Å²) in [7, 11) is 0. The van der Waals surface area contributed by atoms with Gasteiger partial charge in [0.05, 0.1) is 0 Å². The number of imidazole rings is 1. The van der Waals surface area contributed by atoms with E-state index in [0.717, 1.165) is 11.2 Å². The van der Waals surface area contributed by atoms with Gasteiger partial charge in [0.2, 0.25) is 0 Å². The van der Waals surface area contributed by atoms with E-state index < -0.39 is 0 Å². The standard InChI is InChI=1S/C13H14N2S/c16-13-14-8-11(15-13)7-10-6-5-9-3-1-2-4-12(9)10/h1-4,8,10H,5-7H2,(H2,14,15,16)/t10-/m1/s1. The maximum atomic E-state index is 5.04. The maximum Gasteiger partial charge on any atom is 0.174 e. The molecule has 3 heteroatoms. The average Bonchev–Trinajstić information content (AvgIpc) is 2.87. The first-order valence-electron chi connectivity index (χ1n) is 5.67. The first-order valence-corrected chi connectivity index (χ1v) is 6.08. The number of fused-ring (bicyclic) bond motifs is 1. The predicted octanol–water partition coefficient (Wildman–Crippen LogP) is 3.34. The Kier molecular flexibility index (Phi) is 2.40. The molecule has 1 atom stereocenters. The van der Waals surface area contributed by atoms with Crippen molar-refractivity contribution in [3.05, 3.63) is 52.1 Å². The molecule has 1 heterocycles. The molecule has 16 heavy (non-hydrogen) atoms. The minimum Gasteiger partial charge on any atom is -0.337 e. The molecule has 0 aliphatic heterocycles. The van der Waals surface area contributed by atoms with Crippen molar-refractivity contribution in [2.24, 2.45) is 0 Å². The number of aryl methyl sites for hydroxylation is 1. The van der Waals surface area contributed by atoms with Gasteiger partial charge < -0.3 is 9.97 Å². The van der Waals surface area contributed by atoms with Crippen LogP contribution in [0.4, 0.5) is 0 Å². The maximum absolute atomic E-state index is 5.04. The van der Waals surface area contributed by atoms with Gasteiger partial charge in [0.1, 0.15) is 0 Å². The summed E-state index contributed by atoms with van der Waals surface area (Å²) < 4.78 is 0.723. The lowest BCUT2D eigenvalue weighted by molar-refractivity contribution is 0.665. The van der Waals surface area contributed by atoms with E-state index in [4.69, 9.17) is 12.2 Å². The van der Waals surface area contributed by atoms with Crippen LogP contribution in [0.3, 0.4) is 0 Å². The molecule has 2 N–H and O–H groups in total. The number of nitrogens with one attached hydrogen (secondary N) is 2. The highest BCUT2D eigenvalue weighted by Crippen LogP contribution is 2.34. The molecular weight excluding hydrogens is 216 g/mol. The van der Waals surface area contributed by atoms with Crippen LogP contribution in [-0.2, 0) is 12.8 Å². The third kappa shape index (κ3) is 1.71. The molecule has 0 saturated carbocycles.